The van der Waals surface area contributed by atoms with Crippen molar-refractivity contribution in [1.29, 1.82) is 0 Å². The number of carboxylic acids is 1. The first-order valence-electron chi connectivity index (χ1n) is 9.68. The van der Waals surface area contributed by atoms with Crippen molar-refractivity contribution in [2.75, 3.05) is 13.2 Å². The van der Waals surface area contributed by atoms with Crippen LogP contribution in [0.4, 0.5) is 0 Å². The Morgan fingerprint density at radius 3 is 2.52 bits per heavy atom. The molecule has 1 aliphatic rings. The monoisotopic (exact) mass is 434 g/mol. The van der Waals surface area contributed by atoms with Crippen LogP contribution in [0.2, 0.25) is 0 Å². The molecule has 0 bridgehead atoms. The first kappa shape index (κ1) is 20.1. The molecule has 0 radical (unpaired) electrons. The molecule has 1 aromatic carbocycles. The Hall–Kier alpha value is -1.66. The maximum Gasteiger partial charge on any atom is 0.329 e. The fourth-order valence-electron chi connectivity index (χ4n) is 4.00. The average molecular weight is 435 g/mol. The number of carboxylic acid groups (broad SMARTS) is 1. The molecule has 2 aromatic rings. The molecule has 0 spiro atoms. The van der Waals surface area contributed by atoms with E-state index < -0.39 is 5.97 Å². The SMILES string of the molecule is CCc1c(-c2ccccc2)c(Br)nn1CC1CCC(COCC(=O)O)CC1. The van der Waals surface area contributed by atoms with Crippen molar-refractivity contribution in [3.8, 4) is 11.1 Å². The van der Waals surface area contributed by atoms with Crippen LogP contribution in [-0.4, -0.2) is 34.1 Å². The third kappa shape index (κ3) is 5.20. The van der Waals surface area contributed by atoms with E-state index in [0.29, 0.717) is 18.4 Å². The van der Waals surface area contributed by atoms with Gasteiger partial charge in [-0.2, -0.15) is 5.10 Å². The lowest BCUT2D eigenvalue weighted by Crippen LogP contribution is -2.23. The Kier molecular flexibility index (Phi) is 7.07. The summed E-state index contributed by atoms with van der Waals surface area (Å²) in [6.07, 6.45) is 5.42. The second kappa shape index (κ2) is 9.51. The molecule has 1 fully saturated rings. The van der Waals surface area contributed by atoms with Crippen LogP contribution in [0, 0.1) is 11.8 Å². The molecule has 27 heavy (non-hydrogen) atoms. The number of rotatable bonds is 8. The van der Waals surface area contributed by atoms with E-state index in [1.165, 1.54) is 16.8 Å². The van der Waals surface area contributed by atoms with E-state index in [1.54, 1.807) is 0 Å². The topological polar surface area (TPSA) is 64.4 Å². The minimum absolute atomic E-state index is 0.191. The maximum absolute atomic E-state index is 10.6. The normalized spacial score (nSPS) is 19.9. The second-order valence-electron chi connectivity index (χ2n) is 7.31. The van der Waals surface area contributed by atoms with Crippen LogP contribution in [0.15, 0.2) is 34.9 Å². The van der Waals surface area contributed by atoms with E-state index in [9.17, 15) is 4.79 Å². The molecule has 1 aromatic heterocycles. The van der Waals surface area contributed by atoms with Crippen molar-refractivity contribution >= 4 is 21.9 Å². The lowest BCUT2D eigenvalue weighted by molar-refractivity contribution is -0.142. The second-order valence-corrected chi connectivity index (χ2v) is 8.06. The Bertz CT molecular complexity index is 752. The summed E-state index contributed by atoms with van der Waals surface area (Å²) in [7, 11) is 0. The number of aromatic nitrogens is 2. The molecule has 0 atom stereocenters. The summed E-state index contributed by atoms with van der Waals surface area (Å²) >= 11 is 3.66. The predicted molar refractivity (Wildman–Crippen MR) is 109 cm³/mol. The van der Waals surface area contributed by atoms with Gasteiger partial charge in [0.25, 0.3) is 0 Å². The molecule has 0 amide bonds. The van der Waals surface area contributed by atoms with Gasteiger partial charge in [-0.25, -0.2) is 4.79 Å². The molecule has 1 N–H and O–H groups in total. The highest BCUT2D eigenvalue weighted by molar-refractivity contribution is 9.10. The van der Waals surface area contributed by atoms with Gasteiger partial charge in [-0.1, -0.05) is 37.3 Å². The lowest BCUT2D eigenvalue weighted by Gasteiger charge is -2.28. The van der Waals surface area contributed by atoms with Crippen LogP contribution in [0.25, 0.3) is 11.1 Å². The van der Waals surface area contributed by atoms with E-state index in [1.807, 2.05) is 6.07 Å². The Morgan fingerprint density at radius 2 is 1.89 bits per heavy atom. The number of ether oxygens (including phenoxy) is 1. The summed E-state index contributed by atoms with van der Waals surface area (Å²) in [5, 5.41) is 13.4. The van der Waals surface area contributed by atoms with E-state index >= 15 is 0 Å². The number of hydrogen-bond donors (Lipinski definition) is 1. The van der Waals surface area contributed by atoms with Gasteiger partial charge in [-0.05, 0) is 65.4 Å². The van der Waals surface area contributed by atoms with Gasteiger partial charge in [-0.15, -0.1) is 0 Å². The highest BCUT2D eigenvalue weighted by atomic mass is 79.9. The first-order chi connectivity index (χ1) is 13.1. The zero-order valence-corrected chi connectivity index (χ0v) is 17.3. The zero-order valence-electron chi connectivity index (χ0n) is 15.7. The summed E-state index contributed by atoms with van der Waals surface area (Å²) in [5.74, 6) is 0.200. The fourth-order valence-corrected chi connectivity index (χ4v) is 4.65. The van der Waals surface area contributed by atoms with E-state index in [4.69, 9.17) is 14.9 Å². The molecule has 1 aliphatic carbocycles. The molecule has 1 heterocycles. The van der Waals surface area contributed by atoms with Crippen LogP contribution in [0.5, 0.6) is 0 Å². The zero-order chi connectivity index (χ0) is 19.2. The van der Waals surface area contributed by atoms with E-state index in [0.717, 1.165) is 43.3 Å². The van der Waals surface area contributed by atoms with Crippen molar-refractivity contribution in [2.24, 2.45) is 11.8 Å². The summed E-state index contributed by atoms with van der Waals surface area (Å²) in [5.41, 5.74) is 3.68. The minimum atomic E-state index is -0.894. The molecular weight excluding hydrogens is 408 g/mol. The van der Waals surface area contributed by atoms with Crippen molar-refractivity contribution in [1.82, 2.24) is 9.78 Å². The molecule has 1 saturated carbocycles. The van der Waals surface area contributed by atoms with Crippen LogP contribution in [-0.2, 0) is 22.5 Å². The van der Waals surface area contributed by atoms with Gasteiger partial charge in [0.15, 0.2) is 0 Å². The molecule has 0 unspecified atom stereocenters. The number of carbonyl (C=O) groups is 1. The van der Waals surface area contributed by atoms with Crippen molar-refractivity contribution in [3.05, 3.63) is 40.6 Å². The van der Waals surface area contributed by atoms with Crippen molar-refractivity contribution < 1.29 is 14.6 Å². The van der Waals surface area contributed by atoms with Crippen LogP contribution in [0.3, 0.4) is 0 Å². The maximum atomic E-state index is 10.6. The third-order valence-corrected chi connectivity index (χ3v) is 5.94. The Morgan fingerprint density at radius 1 is 1.22 bits per heavy atom. The van der Waals surface area contributed by atoms with Crippen LogP contribution in [0.1, 0.15) is 38.3 Å². The molecule has 6 heteroatoms. The average Bonchev–Trinajstić information content (AvgIpc) is 2.98. The number of halogens is 1. The molecular formula is C21H27BrN2O3. The van der Waals surface area contributed by atoms with E-state index in [2.05, 4.69) is 51.8 Å². The quantitative estimate of drug-likeness (QED) is 0.648. The van der Waals surface area contributed by atoms with Gasteiger partial charge in [0.05, 0.1) is 6.61 Å². The largest absolute Gasteiger partial charge is 0.480 e. The van der Waals surface area contributed by atoms with Crippen molar-refractivity contribution in [3.63, 3.8) is 0 Å². The third-order valence-electron chi connectivity index (χ3n) is 5.39. The van der Waals surface area contributed by atoms with Gasteiger partial charge >= 0.3 is 5.97 Å². The van der Waals surface area contributed by atoms with E-state index in [-0.39, 0.29) is 6.61 Å². The Balaban J connectivity index is 1.61. The van der Waals surface area contributed by atoms with Gasteiger partial charge in [-0.3, -0.25) is 4.68 Å². The summed E-state index contributed by atoms with van der Waals surface area (Å²) < 4.78 is 8.37. The van der Waals surface area contributed by atoms with Gasteiger partial charge in [0.1, 0.15) is 11.2 Å². The van der Waals surface area contributed by atoms with Crippen molar-refractivity contribution in [2.45, 2.75) is 45.6 Å². The smallest absolute Gasteiger partial charge is 0.329 e. The molecule has 146 valence electrons. The summed E-state index contributed by atoms with van der Waals surface area (Å²) in [4.78, 5) is 10.6. The highest BCUT2D eigenvalue weighted by Gasteiger charge is 2.24. The number of aliphatic carboxylic acids is 1. The number of hydrogen-bond acceptors (Lipinski definition) is 3. The number of nitrogens with zero attached hydrogens (tertiary/aromatic N) is 2. The van der Waals surface area contributed by atoms with Gasteiger partial charge in [0, 0.05) is 17.8 Å². The summed E-state index contributed by atoms with van der Waals surface area (Å²) in [6, 6.07) is 10.4. The standard InChI is InChI=1S/C21H27BrN2O3/c1-2-18-20(17-6-4-3-5-7-17)21(22)23-24(18)12-15-8-10-16(11-9-15)13-27-14-19(25)26/h3-7,15-16H,2,8-14H2,1H3,(H,25,26). The predicted octanol–water partition coefficient (Wildman–Crippen LogP) is 4.78. The highest BCUT2D eigenvalue weighted by Crippen LogP contribution is 2.34. The summed E-state index contributed by atoms with van der Waals surface area (Å²) in [6.45, 7) is 3.49. The molecule has 0 aliphatic heterocycles. The van der Waals surface area contributed by atoms with Gasteiger partial charge < -0.3 is 9.84 Å². The van der Waals surface area contributed by atoms with Gasteiger partial charge in [0.2, 0.25) is 0 Å². The van der Waals surface area contributed by atoms with Crippen LogP contribution >= 0.6 is 15.9 Å². The number of benzene rings is 1. The first-order valence-corrected chi connectivity index (χ1v) is 10.5. The minimum Gasteiger partial charge on any atom is -0.480 e. The molecule has 0 saturated heterocycles. The lowest BCUT2D eigenvalue weighted by atomic mass is 9.82. The van der Waals surface area contributed by atoms with Crippen LogP contribution < -0.4 is 0 Å². The fraction of sp³-hybridized carbons (Fsp3) is 0.524. The molecule has 3 rings (SSSR count). The molecule has 5 nitrogen and oxygen atoms in total. The Labute approximate surface area is 168 Å².